The molecule has 0 atom stereocenters. The van der Waals surface area contributed by atoms with Gasteiger partial charge in [-0.1, -0.05) is 12.8 Å². The smallest absolute Gasteiger partial charge is 0.270 e. The Hall–Kier alpha value is -1.36. The summed E-state index contributed by atoms with van der Waals surface area (Å²) in [4.78, 5) is 19.1. The lowest BCUT2D eigenvalue weighted by Gasteiger charge is -2.33. The maximum Gasteiger partial charge on any atom is 0.270 e. The summed E-state index contributed by atoms with van der Waals surface area (Å²) in [6.07, 6.45) is 6.89. The standard InChI is InChI=1S/C16H28N4O/c1-13-14(19(4)12-17-13)15(21)18-16(2,3)11-20-9-7-5-6-8-10-20/h12H,5-11H2,1-4H3,(H,18,21). The number of nitrogens with zero attached hydrogens (tertiary/aromatic N) is 3. The van der Waals surface area contributed by atoms with Crippen LogP contribution in [0, 0.1) is 6.92 Å². The molecule has 0 saturated carbocycles. The maximum atomic E-state index is 12.5. The number of aromatic nitrogens is 2. The van der Waals surface area contributed by atoms with E-state index in [0.29, 0.717) is 5.69 Å². The lowest BCUT2D eigenvalue weighted by Crippen LogP contribution is -2.52. The van der Waals surface area contributed by atoms with E-state index in [1.807, 2.05) is 14.0 Å². The monoisotopic (exact) mass is 292 g/mol. The zero-order valence-electron chi connectivity index (χ0n) is 13.8. The van der Waals surface area contributed by atoms with Gasteiger partial charge in [-0.15, -0.1) is 0 Å². The summed E-state index contributed by atoms with van der Waals surface area (Å²) in [7, 11) is 1.86. The molecule has 2 rings (SSSR count). The van der Waals surface area contributed by atoms with E-state index in [9.17, 15) is 4.79 Å². The highest BCUT2D eigenvalue weighted by atomic mass is 16.2. The van der Waals surface area contributed by atoms with Crippen LogP contribution in [-0.2, 0) is 7.05 Å². The topological polar surface area (TPSA) is 50.2 Å². The van der Waals surface area contributed by atoms with Gasteiger partial charge in [-0.3, -0.25) is 4.79 Å². The molecule has 0 bridgehead atoms. The zero-order chi connectivity index (χ0) is 15.5. The van der Waals surface area contributed by atoms with E-state index >= 15 is 0 Å². The summed E-state index contributed by atoms with van der Waals surface area (Å²) in [5, 5.41) is 3.17. The number of imidazole rings is 1. The van der Waals surface area contributed by atoms with Crippen LogP contribution in [0.25, 0.3) is 0 Å². The van der Waals surface area contributed by atoms with Gasteiger partial charge in [-0.05, 0) is 46.7 Å². The third kappa shape index (κ3) is 4.30. The van der Waals surface area contributed by atoms with E-state index in [1.54, 1.807) is 10.9 Å². The molecule has 1 saturated heterocycles. The first kappa shape index (κ1) is 16.0. The van der Waals surface area contributed by atoms with Crippen molar-refractivity contribution in [1.29, 1.82) is 0 Å². The minimum Gasteiger partial charge on any atom is -0.345 e. The summed E-state index contributed by atoms with van der Waals surface area (Å²) < 4.78 is 1.78. The highest BCUT2D eigenvalue weighted by Gasteiger charge is 2.26. The molecule has 0 radical (unpaired) electrons. The molecule has 118 valence electrons. The van der Waals surface area contributed by atoms with Crippen molar-refractivity contribution in [2.24, 2.45) is 7.05 Å². The van der Waals surface area contributed by atoms with E-state index < -0.39 is 0 Å². The molecule has 1 aromatic heterocycles. The van der Waals surface area contributed by atoms with Gasteiger partial charge >= 0.3 is 0 Å². The number of nitrogens with one attached hydrogen (secondary N) is 1. The first-order valence-electron chi connectivity index (χ1n) is 7.92. The molecule has 5 nitrogen and oxygen atoms in total. The van der Waals surface area contributed by atoms with Gasteiger partial charge in [0.2, 0.25) is 0 Å². The highest BCUT2D eigenvalue weighted by molar-refractivity contribution is 5.94. The van der Waals surface area contributed by atoms with Gasteiger partial charge in [0.15, 0.2) is 0 Å². The normalized spacial score (nSPS) is 17.5. The molecule has 1 aliphatic rings. The van der Waals surface area contributed by atoms with Gasteiger partial charge in [0.1, 0.15) is 5.69 Å². The molecule has 1 aromatic rings. The molecule has 5 heteroatoms. The second-order valence-electron chi connectivity index (χ2n) is 6.82. The van der Waals surface area contributed by atoms with Crippen molar-refractivity contribution >= 4 is 5.91 Å². The fourth-order valence-corrected chi connectivity index (χ4v) is 3.13. The molecule has 21 heavy (non-hydrogen) atoms. The number of carbonyl (C=O) groups is 1. The van der Waals surface area contributed by atoms with Gasteiger partial charge < -0.3 is 14.8 Å². The Labute approximate surface area is 127 Å². The summed E-state index contributed by atoms with van der Waals surface area (Å²) >= 11 is 0. The molecule has 0 unspecified atom stereocenters. The average molecular weight is 292 g/mol. The minimum absolute atomic E-state index is 0.0349. The Morgan fingerprint density at radius 3 is 2.43 bits per heavy atom. The second-order valence-corrected chi connectivity index (χ2v) is 6.82. The van der Waals surface area contributed by atoms with Gasteiger partial charge in [-0.25, -0.2) is 4.98 Å². The van der Waals surface area contributed by atoms with Crippen molar-refractivity contribution < 1.29 is 4.79 Å². The van der Waals surface area contributed by atoms with Gasteiger partial charge in [0.25, 0.3) is 5.91 Å². The Morgan fingerprint density at radius 2 is 1.90 bits per heavy atom. The van der Waals surface area contributed by atoms with Crippen LogP contribution in [0.4, 0.5) is 0 Å². The van der Waals surface area contributed by atoms with Crippen LogP contribution in [0.3, 0.4) is 0 Å². The largest absolute Gasteiger partial charge is 0.345 e. The van der Waals surface area contributed by atoms with E-state index in [0.717, 1.165) is 25.3 Å². The van der Waals surface area contributed by atoms with Crippen LogP contribution in [0.1, 0.15) is 55.7 Å². The van der Waals surface area contributed by atoms with Crippen LogP contribution >= 0.6 is 0 Å². The molecular formula is C16H28N4O. The number of likely N-dealkylation sites (tertiary alicyclic amines) is 1. The SMILES string of the molecule is Cc1ncn(C)c1C(=O)NC(C)(C)CN1CCCCCC1. The van der Waals surface area contributed by atoms with Crippen molar-refractivity contribution in [1.82, 2.24) is 19.8 Å². The summed E-state index contributed by atoms with van der Waals surface area (Å²) in [6, 6.07) is 0. The summed E-state index contributed by atoms with van der Waals surface area (Å²) in [5.41, 5.74) is 1.19. The summed E-state index contributed by atoms with van der Waals surface area (Å²) in [6.45, 7) is 9.25. The number of hydrogen-bond acceptors (Lipinski definition) is 3. The number of amides is 1. The van der Waals surface area contributed by atoms with Crippen molar-refractivity contribution in [3.63, 3.8) is 0 Å². The Bertz CT molecular complexity index is 465. The molecule has 0 aliphatic carbocycles. The quantitative estimate of drug-likeness (QED) is 0.924. The van der Waals surface area contributed by atoms with E-state index in [-0.39, 0.29) is 11.4 Å². The Balaban J connectivity index is 1.98. The predicted molar refractivity (Wildman–Crippen MR) is 84.4 cm³/mol. The Morgan fingerprint density at radius 1 is 1.29 bits per heavy atom. The number of carbonyl (C=O) groups excluding carboxylic acids is 1. The number of rotatable bonds is 4. The van der Waals surface area contributed by atoms with Crippen LogP contribution in [0.5, 0.6) is 0 Å². The third-order valence-electron chi connectivity index (χ3n) is 4.10. The number of aryl methyl sites for hydroxylation is 2. The summed E-state index contributed by atoms with van der Waals surface area (Å²) in [5.74, 6) is -0.0349. The highest BCUT2D eigenvalue weighted by Crippen LogP contribution is 2.14. The lowest BCUT2D eigenvalue weighted by molar-refractivity contribution is 0.0878. The molecule has 1 N–H and O–H groups in total. The molecule has 1 amide bonds. The van der Waals surface area contributed by atoms with Crippen LogP contribution in [0.2, 0.25) is 0 Å². The fraction of sp³-hybridized carbons (Fsp3) is 0.750. The fourth-order valence-electron chi connectivity index (χ4n) is 3.13. The molecule has 1 aliphatic heterocycles. The van der Waals surface area contributed by atoms with Gasteiger partial charge in [0.05, 0.1) is 12.0 Å². The average Bonchev–Trinajstić information content (AvgIpc) is 2.59. The van der Waals surface area contributed by atoms with Crippen molar-refractivity contribution in [2.45, 2.75) is 52.0 Å². The first-order valence-corrected chi connectivity index (χ1v) is 7.92. The molecular weight excluding hydrogens is 264 g/mol. The van der Waals surface area contributed by atoms with Gasteiger partial charge in [-0.2, -0.15) is 0 Å². The van der Waals surface area contributed by atoms with E-state index in [1.165, 1.54) is 25.7 Å². The van der Waals surface area contributed by atoms with Gasteiger partial charge in [0, 0.05) is 19.1 Å². The first-order chi connectivity index (χ1) is 9.89. The molecule has 0 spiro atoms. The third-order valence-corrected chi connectivity index (χ3v) is 4.10. The predicted octanol–water partition coefficient (Wildman–Crippen LogP) is 2.11. The van der Waals surface area contributed by atoms with E-state index in [2.05, 4.69) is 29.0 Å². The second kappa shape index (κ2) is 6.60. The van der Waals surface area contributed by atoms with Crippen molar-refractivity contribution in [2.75, 3.05) is 19.6 Å². The zero-order valence-corrected chi connectivity index (χ0v) is 13.8. The van der Waals surface area contributed by atoms with Crippen LogP contribution < -0.4 is 5.32 Å². The van der Waals surface area contributed by atoms with Crippen molar-refractivity contribution in [3.05, 3.63) is 17.7 Å². The van der Waals surface area contributed by atoms with Crippen LogP contribution in [0.15, 0.2) is 6.33 Å². The number of hydrogen-bond donors (Lipinski definition) is 1. The molecule has 1 fully saturated rings. The Kier molecular flexibility index (Phi) is 5.04. The minimum atomic E-state index is -0.238. The van der Waals surface area contributed by atoms with Crippen LogP contribution in [-0.4, -0.2) is 45.5 Å². The molecule has 2 heterocycles. The maximum absolute atomic E-state index is 12.5. The van der Waals surface area contributed by atoms with E-state index in [4.69, 9.17) is 0 Å². The van der Waals surface area contributed by atoms with Crippen molar-refractivity contribution in [3.8, 4) is 0 Å². The molecule has 0 aromatic carbocycles. The lowest BCUT2D eigenvalue weighted by atomic mass is 10.0.